The summed E-state index contributed by atoms with van der Waals surface area (Å²) in [5, 5.41) is 11.5. The molecular formula is C18H19N3O3S. The van der Waals surface area contributed by atoms with E-state index in [1.54, 1.807) is 17.0 Å². The molecule has 7 heteroatoms. The lowest BCUT2D eigenvalue weighted by atomic mass is 10.2. The zero-order valence-corrected chi connectivity index (χ0v) is 14.7. The summed E-state index contributed by atoms with van der Waals surface area (Å²) in [6, 6.07) is 12.4. The molecule has 0 unspecified atom stereocenters. The predicted octanol–water partition coefficient (Wildman–Crippen LogP) is 3.23. The summed E-state index contributed by atoms with van der Waals surface area (Å²) in [5.41, 5.74) is 7.23. The number of nitrogens with zero attached hydrogens (tertiary/aromatic N) is 2. The summed E-state index contributed by atoms with van der Waals surface area (Å²) >= 11 is 1.32. The summed E-state index contributed by atoms with van der Waals surface area (Å²) < 4.78 is 0. The fraction of sp³-hybridized carbons (Fsp3) is 0.278. The van der Waals surface area contributed by atoms with E-state index in [1.807, 2.05) is 31.2 Å². The van der Waals surface area contributed by atoms with E-state index in [4.69, 9.17) is 5.73 Å². The van der Waals surface area contributed by atoms with Gasteiger partial charge < -0.3 is 10.6 Å². The van der Waals surface area contributed by atoms with Crippen LogP contribution in [0.2, 0.25) is 0 Å². The van der Waals surface area contributed by atoms with Gasteiger partial charge in [0.1, 0.15) is 0 Å². The molecule has 6 nitrogen and oxygen atoms in total. The maximum absolute atomic E-state index is 12.5. The van der Waals surface area contributed by atoms with Gasteiger partial charge in [-0.25, -0.2) is 0 Å². The average Bonchev–Trinajstić information content (AvgIpc) is 3.03. The van der Waals surface area contributed by atoms with E-state index in [-0.39, 0.29) is 17.6 Å². The third-order valence-electron chi connectivity index (χ3n) is 4.16. The van der Waals surface area contributed by atoms with Crippen LogP contribution < -0.4 is 5.73 Å². The van der Waals surface area contributed by atoms with Crippen molar-refractivity contribution in [3.63, 3.8) is 0 Å². The van der Waals surface area contributed by atoms with Crippen LogP contribution in [0, 0.1) is 17.0 Å². The van der Waals surface area contributed by atoms with E-state index in [9.17, 15) is 14.9 Å². The van der Waals surface area contributed by atoms with Crippen molar-refractivity contribution in [2.75, 3.05) is 13.1 Å². The topological polar surface area (TPSA) is 89.5 Å². The lowest BCUT2D eigenvalue weighted by Crippen LogP contribution is -2.31. The molecule has 130 valence electrons. The number of rotatable bonds is 4. The summed E-state index contributed by atoms with van der Waals surface area (Å²) in [4.78, 5) is 26.6. The molecule has 1 saturated heterocycles. The third-order valence-corrected chi connectivity index (χ3v) is 5.24. The van der Waals surface area contributed by atoms with Crippen LogP contribution in [0.3, 0.4) is 0 Å². The number of carbonyl (C=O) groups is 1. The van der Waals surface area contributed by atoms with Crippen LogP contribution in [-0.2, 0) is 0 Å². The molecule has 0 aliphatic carbocycles. The summed E-state index contributed by atoms with van der Waals surface area (Å²) in [6.45, 7) is 3.07. The first-order valence-corrected chi connectivity index (χ1v) is 8.83. The van der Waals surface area contributed by atoms with Crippen molar-refractivity contribution in [3.8, 4) is 0 Å². The number of amides is 1. The van der Waals surface area contributed by atoms with Crippen LogP contribution in [-0.4, -0.2) is 34.9 Å². The van der Waals surface area contributed by atoms with Crippen molar-refractivity contribution >= 4 is 23.4 Å². The molecule has 2 aromatic carbocycles. The maximum atomic E-state index is 12.5. The van der Waals surface area contributed by atoms with Crippen molar-refractivity contribution in [2.45, 2.75) is 29.2 Å². The van der Waals surface area contributed by atoms with Crippen LogP contribution >= 0.6 is 11.8 Å². The number of likely N-dealkylation sites (tertiary alicyclic amines) is 1. The van der Waals surface area contributed by atoms with Gasteiger partial charge in [-0.05, 0) is 37.6 Å². The molecule has 25 heavy (non-hydrogen) atoms. The normalized spacial score (nSPS) is 16.9. The minimum absolute atomic E-state index is 0.0182. The highest BCUT2D eigenvalue weighted by atomic mass is 32.2. The van der Waals surface area contributed by atoms with Gasteiger partial charge in [-0.15, -0.1) is 0 Å². The first-order chi connectivity index (χ1) is 11.9. The van der Waals surface area contributed by atoms with Gasteiger partial charge in [0.15, 0.2) is 0 Å². The first-order valence-electron chi connectivity index (χ1n) is 8.02. The first kappa shape index (κ1) is 17.4. The standard InChI is InChI=1S/C18H19N3O3S/c1-12-2-5-15(6-3-12)25-17-7-4-13(10-16(17)21(23)24)18(22)20-9-8-14(19)11-20/h2-7,10,14H,8-9,11,19H2,1H3/t14-/m1/s1. The Bertz CT molecular complexity index is 808. The molecule has 1 atom stereocenters. The molecule has 0 aromatic heterocycles. The van der Waals surface area contributed by atoms with Gasteiger partial charge >= 0.3 is 0 Å². The smallest absolute Gasteiger partial charge is 0.284 e. The van der Waals surface area contributed by atoms with Gasteiger partial charge in [0.25, 0.3) is 11.6 Å². The molecule has 0 radical (unpaired) electrons. The maximum Gasteiger partial charge on any atom is 0.284 e. The molecule has 3 rings (SSSR count). The number of carbonyl (C=O) groups excluding carboxylic acids is 1. The van der Waals surface area contributed by atoms with Gasteiger partial charge in [-0.2, -0.15) is 0 Å². The predicted molar refractivity (Wildman–Crippen MR) is 96.9 cm³/mol. The van der Waals surface area contributed by atoms with Crippen LogP contribution in [0.15, 0.2) is 52.3 Å². The van der Waals surface area contributed by atoms with E-state index >= 15 is 0 Å². The summed E-state index contributed by atoms with van der Waals surface area (Å²) in [5.74, 6) is -0.206. The summed E-state index contributed by atoms with van der Waals surface area (Å²) in [6.07, 6.45) is 0.759. The lowest BCUT2D eigenvalue weighted by molar-refractivity contribution is -0.387. The minimum atomic E-state index is -0.441. The highest BCUT2D eigenvalue weighted by molar-refractivity contribution is 7.99. The van der Waals surface area contributed by atoms with Gasteiger partial charge in [0.2, 0.25) is 0 Å². The largest absolute Gasteiger partial charge is 0.337 e. The zero-order valence-electron chi connectivity index (χ0n) is 13.8. The number of hydrogen-bond acceptors (Lipinski definition) is 5. The van der Waals surface area contributed by atoms with E-state index < -0.39 is 4.92 Å². The number of nitrogens with two attached hydrogens (primary N) is 1. The monoisotopic (exact) mass is 357 g/mol. The SMILES string of the molecule is Cc1ccc(Sc2ccc(C(=O)N3CC[C@@H](N)C3)cc2[N+](=O)[O-])cc1. The Balaban J connectivity index is 1.86. The second kappa shape index (κ2) is 7.25. The van der Waals surface area contributed by atoms with Gasteiger partial charge in [0.05, 0.1) is 9.82 Å². The van der Waals surface area contributed by atoms with E-state index in [1.165, 1.54) is 17.8 Å². The fourth-order valence-electron chi connectivity index (χ4n) is 2.77. The molecule has 1 fully saturated rings. The average molecular weight is 357 g/mol. The Morgan fingerprint density at radius 2 is 2.00 bits per heavy atom. The summed E-state index contributed by atoms with van der Waals surface area (Å²) in [7, 11) is 0. The molecule has 2 N–H and O–H groups in total. The Kier molecular flexibility index (Phi) is 5.06. The van der Waals surface area contributed by atoms with Crippen LogP contribution in [0.4, 0.5) is 5.69 Å². The van der Waals surface area contributed by atoms with E-state index in [2.05, 4.69) is 0 Å². The number of hydrogen-bond donors (Lipinski definition) is 1. The van der Waals surface area contributed by atoms with Crippen molar-refractivity contribution in [1.82, 2.24) is 4.90 Å². The molecule has 0 spiro atoms. The number of benzene rings is 2. The van der Waals surface area contributed by atoms with Crippen LogP contribution in [0.5, 0.6) is 0 Å². The fourth-order valence-corrected chi connectivity index (χ4v) is 3.67. The van der Waals surface area contributed by atoms with Crippen LogP contribution in [0.1, 0.15) is 22.3 Å². The quantitative estimate of drug-likeness (QED) is 0.670. The number of aryl methyl sites for hydroxylation is 1. The second-order valence-electron chi connectivity index (χ2n) is 6.15. The molecule has 1 aliphatic heterocycles. The Labute approximate surface area is 150 Å². The van der Waals surface area contributed by atoms with Crippen molar-refractivity contribution < 1.29 is 9.72 Å². The van der Waals surface area contributed by atoms with Gasteiger partial charge in [0, 0.05) is 35.7 Å². The van der Waals surface area contributed by atoms with Crippen molar-refractivity contribution in [1.29, 1.82) is 0 Å². The Morgan fingerprint density at radius 1 is 1.28 bits per heavy atom. The van der Waals surface area contributed by atoms with E-state index in [0.717, 1.165) is 16.9 Å². The molecule has 1 aliphatic rings. The van der Waals surface area contributed by atoms with Crippen LogP contribution in [0.25, 0.3) is 0 Å². The Hall–Kier alpha value is -2.38. The highest BCUT2D eigenvalue weighted by Crippen LogP contribution is 2.35. The lowest BCUT2D eigenvalue weighted by Gasteiger charge is -2.16. The van der Waals surface area contributed by atoms with Gasteiger partial charge in [-0.3, -0.25) is 14.9 Å². The molecule has 0 bridgehead atoms. The molecule has 1 amide bonds. The minimum Gasteiger partial charge on any atom is -0.337 e. The molecule has 2 aromatic rings. The Morgan fingerprint density at radius 3 is 2.60 bits per heavy atom. The highest BCUT2D eigenvalue weighted by Gasteiger charge is 2.26. The number of nitro benzene ring substituents is 1. The third kappa shape index (κ3) is 4.00. The van der Waals surface area contributed by atoms with Crippen molar-refractivity contribution in [3.05, 3.63) is 63.7 Å². The molecular weight excluding hydrogens is 338 g/mol. The number of nitro groups is 1. The van der Waals surface area contributed by atoms with E-state index in [0.29, 0.717) is 23.5 Å². The molecule has 0 saturated carbocycles. The zero-order chi connectivity index (χ0) is 18.0. The van der Waals surface area contributed by atoms with Gasteiger partial charge in [-0.1, -0.05) is 29.5 Å². The molecule has 1 heterocycles. The second-order valence-corrected chi connectivity index (χ2v) is 7.27. The van der Waals surface area contributed by atoms with Crippen molar-refractivity contribution in [2.24, 2.45) is 5.73 Å².